The van der Waals surface area contributed by atoms with E-state index in [4.69, 9.17) is 14.2 Å². The Labute approximate surface area is 171 Å². The summed E-state index contributed by atoms with van der Waals surface area (Å²) in [5.74, 6) is 1.01. The SMILES string of the molecule is COc1cccc(CNCc2ccc(F)cc2)c1OC[C@@H](O)CN1CCOCC1. The normalized spacial score (nSPS) is 15.8. The molecule has 0 unspecified atom stereocenters. The summed E-state index contributed by atoms with van der Waals surface area (Å²) in [6.45, 7) is 4.95. The Morgan fingerprint density at radius 3 is 2.62 bits per heavy atom. The zero-order chi connectivity index (χ0) is 20.5. The molecule has 1 atom stereocenters. The molecule has 158 valence electrons. The number of nitrogens with one attached hydrogen (secondary N) is 1. The van der Waals surface area contributed by atoms with E-state index >= 15 is 0 Å². The largest absolute Gasteiger partial charge is 0.493 e. The number of aliphatic hydroxyl groups is 1. The van der Waals surface area contributed by atoms with Gasteiger partial charge in [0.25, 0.3) is 0 Å². The third-order valence-corrected chi connectivity index (χ3v) is 4.83. The lowest BCUT2D eigenvalue weighted by Gasteiger charge is -2.28. The molecule has 2 aromatic rings. The number of hydrogen-bond acceptors (Lipinski definition) is 6. The molecule has 0 aromatic heterocycles. The van der Waals surface area contributed by atoms with Gasteiger partial charge >= 0.3 is 0 Å². The number of benzene rings is 2. The highest BCUT2D eigenvalue weighted by Gasteiger charge is 2.17. The molecule has 2 aromatic carbocycles. The molecule has 6 nitrogen and oxygen atoms in total. The van der Waals surface area contributed by atoms with Gasteiger partial charge < -0.3 is 24.6 Å². The molecule has 3 rings (SSSR count). The summed E-state index contributed by atoms with van der Waals surface area (Å²) in [7, 11) is 1.60. The number of methoxy groups -OCH3 is 1. The molecule has 0 aliphatic carbocycles. The first-order valence-corrected chi connectivity index (χ1v) is 9.87. The minimum absolute atomic E-state index is 0.183. The zero-order valence-electron chi connectivity index (χ0n) is 16.8. The predicted molar refractivity (Wildman–Crippen MR) is 109 cm³/mol. The van der Waals surface area contributed by atoms with Crippen molar-refractivity contribution in [2.24, 2.45) is 0 Å². The summed E-state index contributed by atoms with van der Waals surface area (Å²) in [4.78, 5) is 2.17. The second-order valence-electron chi connectivity index (χ2n) is 7.06. The Balaban J connectivity index is 1.55. The van der Waals surface area contributed by atoms with Crippen LogP contribution in [0.2, 0.25) is 0 Å². The molecule has 1 fully saturated rings. The molecule has 2 N–H and O–H groups in total. The quantitative estimate of drug-likeness (QED) is 0.633. The van der Waals surface area contributed by atoms with Gasteiger partial charge in [0.15, 0.2) is 11.5 Å². The van der Waals surface area contributed by atoms with E-state index in [9.17, 15) is 9.50 Å². The van der Waals surface area contributed by atoms with Crippen LogP contribution < -0.4 is 14.8 Å². The molecule has 0 radical (unpaired) electrons. The number of rotatable bonds is 10. The van der Waals surface area contributed by atoms with E-state index in [1.807, 2.05) is 18.2 Å². The van der Waals surface area contributed by atoms with Gasteiger partial charge in [-0.05, 0) is 23.8 Å². The fourth-order valence-corrected chi connectivity index (χ4v) is 3.28. The molecular formula is C22H29FN2O4. The van der Waals surface area contributed by atoms with Crippen LogP contribution in [0.5, 0.6) is 11.5 Å². The van der Waals surface area contributed by atoms with E-state index in [0.717, 1.165) is 24.2 Å². The second kappa shape index (κ2) is 11.1. The van der Waals surface area contributed by atoms with E-state index < -0.39 is 6.10 Å². The van der Waals surface area contributed by atoms with Crippen LogP contribution in [0.15, 0.2) is 42.5 Å². The number of nitrogens with zero attached hydrogens (tertiary/aromatic N) is 1. The fraction of sp³-hybridized carbons (Fsp3) is 0.455. The average molecular weight is 404 g/mol. The summed E-state index contributed by atoms with van der Waals surface area (Å²) >= 11 is 0. The molecule has 1 heterocycles. The van der Waals surface area contributed by atoms with Crippen molar-refractivity contribution >= 4 is 0 Å². The topological polar surface area (TPSA) is 63.2 Å². The standard InChI is InChI=1S/C22H29FN2O4/c1-27-21-4-2-3-18(14-24-13-17-5-7-19(23)8-6-17)22(21)29-16-20(26)15-25-9-11-28-12-10-25/h2-8,20,24,26H,9-16H2,1H3/t20-/m0/s1. The second-order valence-corrected chi connectivity index (χ2v) is 7.06. The number of para-hydroxylation sites is 1. The van der Waals surface area contributed by atoms with Crippen molar-refractivity contribution in [3.05, 3.63) is 59.4 Å². The molecule has 1 aliphatic rings. The maximum absolute atomic E-state index is 13.0. The van der Waals surface area contributed by atoms with Gasteiger partial charge in [-0.1, -0.05) is 24.3 Å². The molecule has 1 saturated heterocycles. The molecule has 0 saturated carbocycles. The van der Waals surface area contributed by atoms with Crippen molar-refractivity contribution in [2.75, 3.05) is 46.6 Å². The van der Waals surface area contributed by atoms with Gasteiger partial charge in [-0.3, -0.25) is 4.90 Å². The van der Waals surface area contributed by atoms with Crippen molar-refractivity contribution in [1.29, 1.82) is 0 Å². The maximum atomic E-state index is 13.0. The maximum Gasteiger partial charge on any atom is 0.165 e. The van der Waals surface area contributed by atoms with Gasteiger partial charge in [-0.15, -0.1) is 0 Å². The van der Waals surface area contributed by atoms with Crippen LogP contribution in [0.25, 0.3) is 0 Å². The van der Waals surface area contributed by atoms with Crippen molar-refractivity contribution in [3.8, 4) is 11.5 Å². The molecule has 0 amide bonds. The molecule has 7 heteroatoms. The lowest BCUT2D eigenvalue weighted by molar-refractivity contribution is 0.00436. The van der Waals surface area contributed by atoms with Crippen LogP contribution in [0.4, 0.5) is 4.39 Å². The molecular weight excluding hydrogens is 375 g/mol. The third kappa shape index (κ3) is 6.68. The minimum atomic E-state index is -0.599. The van der Waals surface area contributed by atoms with Gasteiger partial charge in [0.2, 0.25) is 0 Å². The number of ether oxygens (including phenoxy) is 3. The molecule has 29 heavy (non-hydrogen) atoms. The van der Waals surface area contributed by atoms with Gasteiger partial charge in [-0.25, -0.2) is 4.39 Å². The summed E-state index contributed by atoms with van der Waals surface area (Å²) in [6.07, 6.45) is -0.599. The Kier molecular flexibility index (Phi) is 8.25. The van der Waals surface area contributed by atoms with E-state index in [1.54, 1.807) is 19.2 Å². The summed E-state index contributed by atoms with van der Waals surface area (Å²) in [5, 5.41) is 13.7. The van der Waals surface area contributed by atoms with Gasteiger partial charge in [0, 0.05) is 38.3 Å². The highest BCUT2D eigenvalue weighted by molar-refractivity contribution is 5.46. The van der Waals surface area contributed by atoms with Crippen molar-refractivity contribution < 1.29 is 23.7 Å². The van der Waals surface area contributed by atoms with Crippen LogP contribution in [-0.2, 0) is 17.8 Å². The van der Waals surface area contributed by atoms with Crippen LogP contribution in [-0.4, -0.2) is 62.7 Å². The number of halogens is 1. The number of morpholine rings is 1. The van der Waals surface area contributed by atoms with E-state index in [0.29, 0.717) is 44.3 Å². The fourth-order valence-electron chi connectivity index (χ4n) is 3.28. The zero-order valence-corrected chi connectivity index (χ0v) is 16.8. The molecule has 1 aliphatic heterocycles. The monoisotopic (exact) mass is 404 g/mol. The van der Waals surface area contributed by atoms with Gasteiger partial charge in [0.1, 0.15) is 18.5 Å². The Hall–Kier alpha value is -2.19. The predicted octanol–water partition coefficient (Wildman–Crippen LogP) is 2.20. The number of β-amino-alcohol motifs (C(OH)–C–C–N with tert-alkyl or cyclic N) is 1. The van der Waals surface area contributed by atoms with Crippen molar-refractivity contribution in [1.82, 2.24) is 10.2 Å². The van der Waals surface area contributed by atoms with E-state index in [2.05, 4.69) is 10.2 Å². The lowest BCUT2D eigenvalue weighted by atomic mass is 10.1. The minimum Gasteiger partial charge on any atom is -0.493 e. The summed E-state index contributed by atoms with van der Waals surface area (Å²) < 4.78 is 29.8. The molecule has 0 bridgehead atoms. The summed E-state index contributed by atoms with van der Waals surface area (Å²) in [6, 6.07) is 12.1. The van der Waals surface area contributed by atoms with E-state index in [-0.39, 0.29) is 12.4 Å². The van der Waals surface area contributed by atoms with Crippen molar-refractivity contribution in [3.63, 3.8) is 0 Å². The van der Waals surface area contributed by atoms with Crippen LogP contribution in [0, 0.1) is 5.82 Å². The first kappa shape index (κ1) is 21.5. The Morgan fingerprint density at radius 1 is 1.14 bits per heavy atom. The number of hydrogen-bond donors (Lipinski definition) is 2. The van der Waals surface area contributed by atoms with E-state index in [1.165, 1.54) is 12.1 Å². The third-order valence-electron chi connectivity index (χ3n) is 4.83. The highest BCUT2D eigenvalue weighted by Crippen LogP contribution is 2.31. The summed E-state index contributed by atoms with van der Waals surface area (Å²) in [5.41, 5.74) is 1.93. The van der Waals surface area contributed by atoms with Gasteiger partial charge in [0.05, 0.1) is 20.3 Å². The molecule has 0 spiro atoms. The Morgan fingerprint density at radius 2 is 1.90 bits per heavy atom. The van der Waals surface area contributed by atoms with Crippen LogP contribution in [0.3, 0.4) is 0 Å². The van der Waals surface area contributed by atoms with Crippen LogP contribution >= 0.6 is 0 Å². The van der Waals surface area contributed by atoms with Crippen LogP contribution in [0.1, 0.15) is 11.1 Å². The highest BCUT2D eigenvalue weighted by atomic mass is 19.1. The smallest absolute Gasteiger partial charge is 0.165 e. The Bertz CT molecular complexity index is 751. The number of aliphatic hydroxyl groups excluding tert-OH is 1. The van der Waals surface area contributed by atoms with Crippen molar-refractivity contribution in [2.45, 2.75) is 19.2 Å². The first-order chi connectivity index (χ1) is 14.2. The average Bonchev–Trinajstić information content (AvgIpc) is 2.74. The lowest BCUT2D eigenvalue weighted by Crippen LogP contribution is -2.42. The van der Waals surface area contributed by atoms with Gasteiger partial charge in [-0.2, -0.15) is 0 Å². The first-order valence-electron chi connectivity index (χ1n) is 9.87.